The maximum absolute atomic E-state index is 13.0. The van der Waals surface area contributed by atoms with E-state index in [4.69, 9.17) is 4.74 Å². The highest BCUT2D eigenvalue weighted by atomic mass is 127. The van der Waals surface area contributed by atoms with Crippen LogP contribution in [-0.2, 0) is 11.2 Å². The van der Waals surface area contributed by atoms with Crippen LogP contribution >= 0.6 is 22.6 Å². The van der Waals surface area contributed by atoms with Gasteiger partial charge in [-0.1, -0.05) is 29.8 Å². The molecule has 0 aromatic heterocycles. The number of rotatable bonds is 5. The van der Waals surface area contributed by atoms with E-state index in [0.717, 1.165) is 9.13 Å². The molecule has 0 spiro atoms. The molecule has 0 unspecified atom stereocenters. The Morgan fingerprint density at radius 2 is 1.68 bits per heavy atom. The van der Waals surface area contributed by atoms with Gasteiger partial charge in [0.15, 0.2) is 0 Å². The molecule has 0 aliphatic heterocycles. The molecule has 142 valence electrons. The van der Waals surface area contributed by atoms with Gasteiger partial charge in [0.1, 0.15) is 11.6 Å². The van der Waals surface area contributed by atoms with Crippen molar-refractivity contribution in [2.45, 2.75) is 13.3 Å². The van der Waals surface area contributed by atoms with E-state index in [-0.39, 0.29) is 29.5 Å². The average molecular weight is 489 g/mol. The van der Waals surface area contributed by atoms with E-state index < -0.39 is 5.97 Å². The molecule has 0 aliphatic rings. The molecule has 0 heterocycles. The smallest absolute Gasteiger partial charge is 0.315 e. The molecule has 6 heteroatoms. The number of halogens is 2. The number of hydrogen-bond donors (Lipinski definition) is 1. The van der Waals surface area contributed by atoms with Gasteiger partial charge >= 0.3 is 5.97 Å². The van der Waals surface area contributed by atoms with E-state index in [0.29, 0.717) is 11.3 Å². The molecule has 0 atom stereocenters. The molecular weight excluding hydrogens is 472 g/mol. The fraction of sp³-hybridized carbons (Fsp3) is 0.0909. The highest BCUT2D eigenvalue weighted by Crippen LogP contribution is 2.24. The molecule has 4 nitrogen and oxygen atoms in total. The van der Waals surface area contributed by atoms with Crippen molar-refractivity contribution in [2.75, 3.05) is 5.32 Å². The number of amides is 1. The van der Waals surface area contributed by atoms with Gasteiger partial charge in [-0.2, -0.15) is 0 Å². The molecule has 3 aromatic carbocycles. The van der Waals surface area contributed by atoms with Gasteiger partial charge in [0.05, 0.1) is 12.0 Å². The molecule has 0 fully saturated rings. The lowest BCUT2D eigenvalue weighted by Gasteiger charge is -2.11. The Morgan fingerprint density at radius 3 is 2.36 bits per heavy atom. The number of anilines is 1. The number of aryl methyl sites for hydroxylation is 1. The normalized spacial score (nSPS) is 10.4. The van der Waals surface area contributed by atoms with Gasteiger partial charge in [-0.15, -0.1) is 0 Å². The predicted octanol–water partition coefficient (Wildman–Crippen LogP) is 5.14. The third-order valence-electron chi connectivity index (χ3n) is 3.98. The van der Waals surface area contributed by atoms with E-state index in [1.165, 1.54) is 24.3 Å². The monoisotopic (exact) mass is 489 g/mol. The fourth-order valence-corrected chi connectivity index (χ4v) is 2.99. The summed E-state index contributed by atoms with van der Waals surface area (Å²) in [5.74, 6) is -1.09. The summed E-state index contributed by atoms with van der Waals surface area (Å²) in [6, 6.07) is 18.0. The van der Waals surface area contributed by atoms with Crippen molar-refractivity contribution in [3.8, 4) is 5.75 Å². The number of nitrogens with one attached hydrogen (secondary N) is 1. The number of esters is 1. The maximum atomic E-state index is 13.0. The molecule has 28 heavy (non-hydrogen) atoms. The summed E-state index contributed by atoms with van der Waals surface area (Å²) in [7, 11) is 0. The van der Waals surface area contributed by atoms with Gasteiger partial charge in [0, 0.05) is 9.26 Å². The standard InChI is InChI=1S/C22H17FINO3/c1-14-2-9-18(10-3-14)25-22(27)19-11-8-17(24)13-20(19)28-21(26)12-15-4-6-16(23)7-5-15/h2-11,13H,12H2,1H3,(H,25,27). The highest BCUT2D eigenvalue weighted by Gasteiger charge is 2.17. The van der Waals surface area contributed by atoms with E-state index in [2.05, 4.69) is 27.9 Å². The summed E-state index contributed by atoms with van der Waals surface area (Å²) < 4.78 is 19.3. The lowest BCUT2D eigenvalue weighted by molar-refractivity contribution is -0.133. The van der Waals surface area contributed by atoms with Crippen LogP contribution in [0.1, 0.15) is 21.5 Å². The van der Waals surface area contributed by atoms with Crippen LogP contribution < -0.4 is 10.1 Å². The Labute approximate surface area is 175 Å². The molecule has 0 saturated carbocycles. The van der Waals surface area contributed by atoms with E-state index in [1.807, 2.05) is 19.1 Å². The van der Waals surface area contributed by atoms with Crippen LogP contribution in [0.4, 0.5) is 10.1 Å². The van der Waals surface area contributed by atoms with Crippen molar-refractivity contribution in [1.82, 2.24) is 0 Å². The van der Waals surface area contributed by atoms with Crippen LogP contribution in [0.25, 0.3) is 0 Å². The minimum absolute atomic E-state index is 0.0230. The lowest BCUT2D eigenvalue weighted by Crippen LogP contribution is -2.17. The molecule has 0 radical (unpaired) electrons. The molecular formula is C22H17FINO3. The van der Waals surface area contributed by atoms with Crippen molar-refractivity contribution < 1.29 is 18.7 Å². The number of carbonyl (C=O) groups excluding carboxylic acids is 2. The molecule has 0 bridgehead atoms. The first-order valence-electron chi connectivity index (χ1n) is 8.53. The topological polar surface area (TPSA) is 55.4 Å². The van der Waals surface area contributed by atoms with Crippen LogP contribution in [0.2, 0.25) is 0 Å². The zero-order chi connectivity index (χ0) is 20.1. The van der Waals surface area contributed by atoms with E-state index in [1.54, 1.807) is 30.3 Å². The first-order chi connectivity index (χ1) is 13.4. The van der Waals surface area contributed by atoms with Gasteiger partial charge < -0.3 is 10.1 Å². The summed E-state index contributed by atoms with van der Waals surface area (Å²) in [6.07, 6.45) is -0.0230. The number of carbonyl (C=O) groups is 2. The van der Waals surface area contributed by atoms with Gasteiger partial charge in [-0.3, -0.25) is 9.59 Å². The molecule has 3 rings (SSSR count). The second-order valence-electron chi connectivity index (χ2n) is 6.24. The molecule has 1 N–H and O–H groups in total. The minimum atomic E-state index is -0.530. The minimum Gasteiger partial charge on any atom is -0.425 e. The zero-order valence-corrected chi connectivity index (χ0v) is 17.2. The molecule has 0 aliphatic carbocycles. The Morgan fingerprint density at radius 1 is 1.00 bits per heavy atom. The van der Waals surface area contributed by atoms with Crippen molar-refractivity contribution in [2.24, 2.45) is 0 Å². The van der Waals surface area contributed by atoms with Crippen molar-refractivity contribution in [3.63, 3.8) is 0 Å². The van der Waals surface area contributed by atoms with Crippen LogP contribution in [-0.4, -0.2) is 11.9 Å². The van der Waals surface area contributed by atoms with Crippen LogP contribution in [0.3, 0.4) is 0 Å². The lowest BCUT2D eigenvalue weighted by atomic mass is 10.1. The Bertz CT molecular complexity index is 1000. The van der Waals surface area contributed by atoms with Crippen molar-refractivity contribution in [1.29, 1.82) is 0 Å². The molecule has 0 saturated heterocycles. The van der Waals surface area contributed by atoms with Gasteiger partial charge in [0.25, 0.3) is 5.91 Å². The Hall–Kier alpha value is -2.74. The summed E-state index contributed by atoms with van der Waals surface area (Å²) in [5, 5.41) is 2.80. The number of hydrogen-bond acceptors (Lipinski definition) is 3. The van der Waals surface area contributed by atoms with Crippen LogP contribution in [0.15, 0.2) is 66.7 Å². The third kappa shape index (κ3) is 5.39. The SMILES string of the molecule is Cc1ccc(NC(=O)c2ccc(I)cc2OC(=O)Cc2ccc(F)cc2)cc1. The fourth-order valence-electron chi connectivity index (χ4n) is 2.53. The van der Waals surface area contributed by atoms with Crippen LogP contribution in [0.5, 0.6) is 5.75 Å². The Balaban J connectivity index is 1.76. The van der Waals surface area contributed by atoms with Gasteiger partial charge in [0.2, 0.25) is 0 Å². The quantitative estimate of drug-likeness (QED) is 0.307. The molecule has 3 aromatic rings. The van der Waals surface area contributed by atoms with Crippen LogP contribution in [0, 0.1) is 16.3 Å². The first kappa shape index (κ1) is 20.0. The number of benzene rings is 3. The van der Waals surface area contributed by atoms with E-state index in [9.17, 15) is 14.0 Å². The van der Waals surface area contributed by atoms with Gasteiger partial charge in [-0.05, 0) is 77.5 Å². The van der Waals surface area contributed by atoms with Gasteiger partial charge in [-0.25, -0.2) is 4.39 Å². The second-order valence-corrected chi connectivity index (χ2v) is 7.48. The summed E-state index contributed by atoms with van der Waals surface area (Å²) >= 11 is 2.08. The molecule has 1 amide bonds. The predicted molar refractivity (Wildman–Crippen MR) is 114 cm³/mol. The Kier molecular flexibility index (Phi) is 6.41. The third-order valence-corrected chi connectivity index (χ3v) is 4.65. The average Bonchev–Trinajstić information content (AvgIpc) is 2.65. The zero-order valence-electron chi connectivity index (χ0n) is 15.0. The maximum Gasteiger partial charge on any atom is 0.315 e. The summed E-state index contributed by atoms with van der Waals surface area (Å²) in [6.45, 7) is 1.96. The van der Waals surface area contributed by atoms with E-state index >= 15 is 0 Å². The number of ether oxygens (including phenoxy) is 1. The summed E-state index contributed by atoms with van der Waals surface area (Å²) in [4.78, 5) is 25.0. The highest BCUT2D eigenvalue weighted by molar-refractivity contribution is 14.1. The van der Waals surface area contributed by atoms with Crippen molar-refractivity contribution >= 4 is 40.2 Å². The largest absolute Gasteiger partial charge is 0.425 e. The first-order valence-corrected chi connectivity index (χ1v) is 9.61. The van der Waals surface area contributed by atoms with Crippen molar-refractivity contribution in [3.05, 3.63) is 92.8 Å². The second kappa shape index (κ2) is 8.97. The summed E-state index contributed by atoms with van der Waals surface area (Å²) in [5.41, 5.74) is 2.62.